The molecule has 0 aromatic heterocycles. The van der Waals surface area contributed by atoms with Gasteiger partial charge in [-0.05, 0) is 36.8 Å². The second-order valence-electron chi connectivity index (χ2n) is 6.90. The average Bonchev–Trinajstić information content (AvgIpc) is 2.58. The Bertz CT molecular complexity index is 691. The Morgan fingerprint density at radius 3 is 2.40 bits per heavy atom. The fourth-order valence-corrected chi connectivity index (χ4v) is 3.13. The minimum atomic E-state index is -0.769. The standard InChI is InChI=1S/C20H24N2O3/c1-14-4-6-17(7-5-14)9-18(10-21)20(24)25-13-19(23)22-11-15(2)8-16(3)12-22/h4-7,9,15-16H,8,11-13H2,1-3H3/b18-9+/t15-,16-/m0/s1. The maximum atomic E-state index is 12.2. The van der Waals surface area contributed by atoms with E-state index in [9.17, 15) is 14.9 Å². The lowest BCUT2D eigenvalue weighted by atomic mass is 9.92. The van der Waals surface area contributed by atoms with Gasteiger partial charge in [-0.25, -0.2) is 4.79 Å². The van der Waals surface area contributed by atoms with Crippen molar-refractivity contribution >= 4 is 18.0 Å². The summed E-state index contributed by atoms with van der Waals surface area (Å²) in [6.45, 7) is 7.22. The van der Waals surface area contributed by atoms with Crippen molar-refractivity contribution in [1.82, 2.24) is 4.90 Å². The SMILES string of the molecule is Cc1ccc(/C=C(\C#N)C(=O)OCC(=O)N2C[C@@H](C)C[C@H](C)C2)cc1. The predicted molar refractivity (Wildman–Crippen MR) is 95.3 cm³/mol. The van der Waals surface area contributed by atoms with Crippen LogP contribution in [0.2, 0.25) is 0 Å². The minimum absolute atomic E-state index is 0.114. The summed E-state index contributed by atoms with van der Waals surface area (Å²) in [4.78, 5) is 26.1. The second kappa shape index (κ2) is 8.48. The molecule has 0 unspecified atom stereocenters. The molecule has 25 heavy (non-hydrogen) atoms. The van der Waals surface area contributed by atoms with Gasteiger partial charge in [-0.1, -0.05) is 43.7 Å². The first kappa shape index (κ1) is 18.7. The number of esters is 1. The van der Waals surface area contributed by atoms with E-state index in [1.807, 2.05) is 37.3 Å². The summed E-state index contributed by atoms with van der Waals surface area (Å²) in [6.07, 6.45) is 2.57. The molecule has 0 bridgehead atoms. The van der Waals surface area contributed by atoms with Crippen LogP contribution in [0.25, 0.3) is 6.08 Å². The first-order valence-electron chi connectivity index (χ1n) is 8.52. The highest BCUT2D eigenvalue weighted by Crippen LogP contribution is 2.21. The Labute approximate surface area is 148 Å². The van der Waals surface area contributed by atoms with Crippen LogP contribution in [0.5, 0.6) is 0 Å². The van der Waals surface area contributed by atoms with Gasteiger partial charge in [0.05, 0.1) is 0 Å². The summed E-state index contributed by atoms with van der Waals surface area (Å²) in [6, 6.07) is 9.28. The first-order chi connectivity index (χ1) is 11.9. The summed E-state index contributed by atoms with van der Waals surface area (Å²) >= 11 is 0. The van der Waals surface area contributed by atoms with Crippen molar-refractivity contribution < 1.29 is 14.3 Å². The van der Waals surface area contributed by atoms with Crippen LogP contribution in [-0.2, 0) is 14.3 Å². The number of benzene rings is 1. The zero-order valence-electron chi connectivity index (χ0n) is 15.0. The van der Waals surface area contributed by atoms with Gasteiger partial charge in [0, 0.05) is 13.1 Å². The number of carbonyl (C=O) groups is 2. The van der Waals surface area contributed by atoms with E-state index in [4.69, 9.17) is 4.74 Å². The molecule has 0 aliphatic carbocycles. The maximum absolute atomic E-state index is 12.2. The Morgan fingerprint density at radius 2 is 1.84 bits per heavy atom. The molecule has 132 valence electrons. The Kier molecular flexibility index (Phi) is 6.35. The van der Waals surface area contributed by atoms with Crippen molar-refractivity contribution in [2.24, 2.45) is 11.8 Å². The molecular formula is C20H24N2O3. The quantitative estimate of drug-likeness (QED) is 0.480. The highest BCUT2D eigenvalue weighted by Gasteiger charge is 2.26. The summed E-state index contributed by atoms with van der Waals surface area (Å²) in [7, 11) is 0. The number of hydrogen-bond donors (Lipinski definition) is 0. The van der Waals surface area contributed by atoms with Crippen molar-refractivity contribution in [2.45, 2.75) is 27.2 Å². The van der Waals surface area contributed by atoms with Gasteiger partial charge in [-0.3, -0.25) is 4.79 Å². The van der Waals surface area contributed by atoms with Gasteiger partial charge in [0.15, 0.2) is 6.61 Å². The number of likely N-dealkylation sites (tertiary alicyclic amines) is 1. The van der Waals surface area contributed by atoms with Gasteiger partial charge in [0.1, 0.15) is 11.6 Å². The summed E-state index contributed by atoms with van der Waals surface area (Å²) in [5.74, 6) is -0.0899. The Hall–Kier alpha value is -2.61. The lowest BCUT2D eigenvalue weighted by Gasteiger charge is -2.34. The lowest BCUT2D eigenvalue weighted by Crippen LogP contribution is -2.44. The van der Waals surface area contributed by atoms with E-state index in [0.717, 1.165) is 17.5 Å². The molecule has 5 heteroatoms. The van der Waals surface area contributed by atoms with Gasteiger partial charge >= 0.3 is 5.97 Å². The molecule has 0 saturated carbocycles. The summed E-state index contributed by atoms with van der Waals surface area (Å²) in [5, 5.41) is 9.18. The van der Waals surface area contributed by atoms with E-state index in [1.54, 1.807) is 4.90 Å². The molecule has 5 nitrogen and oxygen atoms in total. The molecule has 0 radical (unpaired) electrons. The van der Waals surface area contributed by atoms with Crippen LogP contribution in [0.4, 0.5) is 0 Å². The van der Waals surface area contributed by atoms with Gasteiger partial charge < -0.3 is 9.64 Å². The molecule has 0 N–H and O–H groups in total. The monoisotopic (exact) mass is 340 g/mol. The molecule has 1 aromatic rings. The zero-order valence-corrected chi connectivity index (χ0v) is 15.0. The lowest BCUT2D eigenvalue weighted by molar-refractivity contribution is -0.149. The van der Waals surface area contributed by atoms with Crippen molar-refractivity contribution in [2.75, 3.05) is 19.7 Å². The van der Waals surface area contributed by atoms with E-state index in [-0.39, 0.29) is 18.1 Å². The summed E-state index contributed by atoms with van der Waals surface area (Å²) in [5.41, 5.74) is 1.72. The van der Waals surface area contributed by atoms with Gasteiger partial charge in [-0.2, -0.15) is 5.26 Å². The topological polar surface area (TPSA) is 70.4 Å². The minimum Gasteiger partial charge on any atom is -0.451 e. The van der Waals surface area contributed by atoms with E-state index in [0.29, 0.717) is 24.9 Å². The van der Waals surface area contributed by atoms with Crippen LogP contribution >= 0.6 is 0 Å². The third-order valence-electron chi connectivity index (χ3n) is 4.28. The Balaban J connectivity index is 1.94. The van der Waals surface area contributed by atoms with Crippen LogP contribution in [0.3, 0.4) is 0 Å². The molecule has 1 aliphatic heterocycles. The number of rotatable bonds is 4. The highest BCUT2D eigenvalue weighted by molar-refractivity contribution is 5.98. The third kappa shape index (κ3) is 5.46. The van der Waals surface area contributed by atoms with E-state index in [1.165, 1.54) is 6.08 Å². The number of amides is 1. The molecule has 1 fully saturated rings. The molecular weight excluding hydrogens is 316 g/mol. The van der Waals surface area contributed by atoms with E-state index in [2.05, 4.69) is 13.8 Å². The number of nitriles is 1. The summed E-state index contributed by atoms with van der Waals surface area (Å²) < 4.78 is 5.06. The molecule has 1 aromatic carbocycles. The molecule has 0 spiro atoms. The van der Waals surface area contributed by atoms with Gasteiger partial charge in [-0.15, -0.1) is 0 Å². The molecule has 2 atom stereocenters. The van der Waals surface area contributed by atoms with Crippen molar-refractivity contribution in [3.8, 4) is 6.07 Å². The molecule has 1 amide bonds. The van der Waals surface area contributed by atoms with Crippen LogP contribution in [0.1, 0.15) is 31.4 Å². The van der Waals surface area contributed by atoms with Crippen molar-refractivity contribution in [3.05, 3.63) is 41.0 Å². The fourth-order valence-electron chi connectivity index (χ4n) is 3.13. The van der Waals surface area contributed by atoms with Gasteiger partial charge in [0.2, 0.25) is 0 Å². The number of piperidine rings is 1. The fraction of sp³-hybridized carbons (Fsp3) is 0.450. The second-order valence-corrected chi connectivity index (χ2v) is 6.90. The normalized spacial score (nSPS) is 20.7. The number of hydrogen-bond acceptors (Lipinski definition) is 4. The molecule has 1 heterocycles. The third-order valence-corrected chi connectivity index (χ3v) is 4.28. The molecule has 1 saturated heterocycles. The van der Waals surface area contributed by atoms with Crippen LogP contribution in [-0.4, -0.2) is 36.5 Å². The largest absolute Gasteiger partial charge is 0.451 e. The van der Waals surface area contributed by atoms with Crippen LogP contribution in [0, 0.1) is 30.1 Å². The number of aryl methyl sites for hydroxylation is 1. The zero-order chi connectivity index (χ0) is 18.4. The molecule has 2 rings (SSSR count). The van der Waals surface area contributed by atoms with Crippen LogP contribution in [0.15, 0.2) is 29.8 Å². The average molecular weight is 340 g/mol. The van der Waals surface area contributed by atoms with E-state index < -0.39 is 5.97 Å². The molecule has 1 aliphatic rings. The smallest absolute Gasteiger partial charge is 0.349 e. The van der Waals surface area contributed by atoms with Gasteiger partial charge in [0.25, 0.3) is 5.91 Å². The first-order valence-corrected chi connectivity index (χ1v) is 8.52. The van der Waals surface area contributed by atoms with Crippen molar-refractivity contribution in [3.63, 3.8) is 0 Å². The van der Waals surface area contributed by atoms with Crippen LogP contribution < -0.4 is 0 Å². The maximum Gasteiger partial charge on any atom is 0.349 e. The Morgan fingerprint density at radius 1 is 1.24 bits per heavy atom. The highest BCUT2D eigenvalue weighted by atomic mass is 16.5. The number of nitrogens with zero attached hydrogens (tertiary/aromatic N) is 2. The van der Waals surface area contributed by atoms with E-state index >= 15 is 0 Å². The number of ether oxygens (including phenoxy) is 1. The predicted octanol–water partition coefficient (Wildman–Crippen LogP) is 2.95. The number of carbonyl (C=O) groups excluding carboxylic acids is 2. The van der Waals surface area contributed by atoms with Crippen molar-refractivity contribution in [1.29, 1.82) is 5.26 Å².